The van der Waals surface area contributed by atoms with Gasteiger partial charge in [-0.25, -0.2) is 0 Å². The number of hydrogen-bond donors (Lipinski definition) is 3. The second kappa shape index (κ2) is 8.15. The summed E-state index contributed by atoms with van der Waals surface area (Å²) in [6, 6.07) is 3.50. The summed E-state index contributed by atoms with van der Waals surface area (Å²) in [6.45, 7) is 2.04. The fourth-order valence-electron chi connectivity index (χ4n) is 1.62. The molecule has 0 atom stereocenters. The topological polar surface area (TPSA) is 104 Å². The van der Waals surface area contributed by atoms with Crippen molar-refractivity contribution in [2.75, 3.05) is 5.32 Å². The van der Waals surface area contributed by atoms with Crippen LogP contribution in [-0.2, 0) is 4.79 Å². The van der Waals surface area contributed by atoms with Gasteiger partial charge in [0.15, 0.2) is 5.11 Å². The van der Waals surface area contributed by atoms with E-state index in [0.29, 0.717) is 6.42 Å². The number of thiocarbonyl (C=S) groups is 1. The van der Waals surface area contributed by atoms with Gasteiger partial charge < -0.3 is 15.7 Å². The van der Waals surface area contributed by atoms with Gasteiger partial charge in [-0.15, -0.1) is 0 Å². The van der Waals surface area contributed by atoms with Crippen LogP contribution in [0.2, 0.25) is 0 Å². The predicted molar refractivity (Wildman–Crippen MR) is 83.3 cm³/mol. The second-order valence-corrected chi connectivity index (χ2v) is 4.83. The van der Waals surface area contributed by atoms with Crippen molar-refractivity contribution in [3.05, 3.63) is 28.3 Å². The van der Waals surface area contributed by atoms with Crippen LogP contribution in [-0.4, -0.2) is 21.0 Å². The summed E-state index contributed by atoms with van der Waals surface area (Å²) in [5.74, 6) is -0.422. The van der Waals surface area contributed by atoms with Crippen LogP contribution in [0.4, 0.5) is 11.4 Å². The summed E-state index contributed by atoms with van der Waals surface area (Å²) >= 11 is 4.94. The van der Waals surface area contributed by atoms with Crippen molar-refractivity contribution in [2.24, 2.45) is 0 Å². The van der Waals surface area contributed by atoms with Crippen molar-refractivity contribution in [1.29, 1.82) is 0 Å². The highest BCUT2D eigenvalue weighted by atomic mass is 32.1. The van der Waals surface area contributed by atoms with Gasteiger partial charge in [0.25, 0.3) is 5.69 Å². The zero-order chi connectivity index (χ0) is 15.8. The monoisotopic (exact) mass is 311 g/mol. The first-order valence-corrected chi connectivity index (χ1v) is 6.93. The lowest BCUT2D eigenvalue weighted by atomic mass is 10.2. The molecular weight excluding hydrogens is 294 g/mol. The molecule has 0 unspecified atom stereocenters. The molecule has 7 nitrogen and oxygen atoms in total. The molecule has 0 aliphatic rings. The van der Waals surface area contributed by atoms with Crippen LogP contribution in [0.3, 0.4) is 0 Å². The van der Waals surface area contributed by atoms with Crippen LogP contribution in [0.5, 0.6) is 5.75 Å². The number of benzene rings is 1. The Hall–Kier alpha value is -2.22. The number of carbonyl (C=O) groups is 1. The number of amides is 1. The van der Waals surface area contributed by atoms with E-state index in [4.69, 9.17) is 12.2 Å². The fourth-order valence-corrected chi connectivity index (χ4v) is 1.84. The Morgan fingerprint density at radius 3 is 2.76 bits per heavy atom. The van der Waals surface area contributed by atoms with Gasteiger partial charge in [-0.2, -0.15) is 0 Å². The molecule has 3 N–H and O–H groups in total. The quantitative estimate of drug-likeness (QED) is 0.245. The molecule has 0 heterocycles. The number of anilines is 1. The van der Waals surface area contributed by atoms with E-state index in [0.717, 1.165) is 25.3 Å². The largest absolute Gasteiger partial charge is 0.506 e. The molecule has 0 aliphatic carbocycles. The van der Waals surface area contributed by atoms with Gasteiger partial charge in [0.1, 0.15) is 5.75 Å². The van der Waals surface area contributed by atoms with E-state index < -0.39 is 4.92 Å². The molecule has 0 fully saturated rings. The minimum absolute atomic E-state index is 0.00713. The lowest BCUT2D eigenvalue weighted by Crippen LogP contribution is -2.33. The van der Waals surface area contributed by atoms with Gasteiger partial charge in [-0.3, -0.25) is 14.9 Å². The Bertz CT molecular complexity index is 548. The van der Waals surface area contributed by atoms with E-state index in [2.05, 4.69) is 10.6 Å². The van der Waals surface area contributed by atoms with Crippen molar-refractivity contribution in [3.8, 4) is 5.75 Å². The number of non-ortho nitro benzene ring substituents is 1. The lowest BCUT2D eigenvalue weighted by Gasteiger charge is -2.10. The Kier molecular flexibility index (Phi) is 6.54. The van der Waals surface area contributed by atoms with Gasteiger partial charge in [-0.05, 0) is 24.7 Å². The average molecular weight is 311 g/mol. The van der Waals surface area contributed by atoms with Crippen LogP contribution in [0.25, 0.3) is 0 Å². The number of rotatable bonds is 6. The summed E-state index contributed by atoms with van der Waals surface area (Å²) in [4.78, 5) is 21.7. The maximum atomic E-state index is 11.6. The number of carbonyl (C=O) groups excluding carboxylic acids is 1. The van der Waals surface area contributed by atoms with Gasteiger partial charge in [0.05, 0.1) is 10.6 Å². The number of aromatic hydroxyl groups is 1. The third-order valence-corrected chi connectivity index (χ3v) is 2.90. The number of phenolic OH excluding ortho intramolecular Hbond substituents is 1. The molecule has 1 aromatic rings. The van der Waals surface area contributed by atoms with Gasteiger partial charge >= 0.3 is 0 Å². The van der Waals surface area contributed by atoms with E-state index in [-0.39, 0.29) is 28.1 Å². The Labute approximate surface area is 127 Å². The Morgan fingerprint density at radius 2 is 2.14 bits per heavy atom. The Balaban J connectivity index is 2.60. The first-order valence-electron chi connectivity index (χ1n) is 6.52. The number of hydrogen-bond acceptors (Lipinski definition) is 5. The molecule has 1 aromatic carbocycles. The molecule has 0 saturated carbocycles. The van der Waals surface area contributed by atoms with Gasteiger partial charge in [-0.1, -0.05) is 19.8 Å². The number of nitro groups is 1. The van der Waals surface area contributed by atoms with Crippen LogP contribution >= 0.6 is 12.2 Å². The number of unbranched alkanes of at least 4 members (excludes halogenated alkanes) is 2. The zero-order valence-electron chi connectivity index (χ0n) is 11.6. The predicted octanol–water partition coefficient (Wildman–Crippen LogP) is 2.69. The molecule has 114 valence electrons. The molecule has 21 heavy (non-hydrogen) atoms. The minimum atomic E-state index is -0.586. The number of nitro benzene ring substituents is 1. The second-order valence-electron chi connectivity index (χ2n) is 4.42. The smallest absolute Gasteiger partial charge is 0.271 e. The number of nitrogens with zero attached hydrogens (tertiary/aromatic N) is 1. The Morgan fingerprint density at radius 1 is 1.43 bits per heavy atom. The molecule has 0 spiro atoms. The van der Waals surface area contributed by atoms with Crippen molar-refractivity contribution in [1.82, 2.24) is 5.32 Å². The highest BCUT2D eigenvalue weighted by Crippen LogP contribution is 2.27. The van der Waals surface area contributed by atoms with Crippen LogP contribution in [0.1, 0.15) is 32.6 Å². The molecule has 8 heteroatoms. The van der Waals surface area contributed by atoms with Crippen molar-refractivity contribution in [3.63, 3.8) is 0 Å². The highest BCUT2D eigenvalue weighted by molar-refractivity contribution is 7.80. The highest BCUT2D eigenvalue weighted by Gasteiger charge is 2.12. The third-order valence-electron chi connectivity index (χ3n) is 2.70. The maximum absolute atomic E-state index is 11.6. The summed E-state index contributed by atoms with van der Waals surface area (Å²) in [7, 11) is 0. The normalized spacial score (nSPS) is 9.95. The average Bonchev–Trinajstić information content (AvgIpc) is 2.41. The van der Waals surface area contributed by atoms with E-state index in [1.54, 1.807) is 0 Å². The van der Waals surface area contributed by atoms with E-state index in [1.807, 2.05) is 6.92 Å². The van der Waals surface area contributed by atoms with E-state index >= 15 is 0 Å². The standard InChI is InChI=1S/C13H17N3O4S/c1-2-3-4-5-12(18)15-13(21)14-10-8-9(16(19)20)6-7-11(10)17/h6-8,17H,2-5H2,1H3,(H2,14,15,18,21). The number of nitrogens with one attached hydrogen (secondary N) is 2. The van der Waals surface area contributed by atoms with Crippen molar-refractivity contribution < 1.29 is 14.8 Å². The van der Waals surface area contributed by atoms with Crippen LogP contribution in [0, 0.1) is 10.1 Å². The first kappa shape index (κ1) is 16.8. The molecule has 0 aliphatic heterocycles. The first-order chi connectivity index (χ1) is 9.93. The molecule has 0 saturated heterocycles. The molecule has 1 amide bonds. The van der Waals surface area contributed by atoms with Crippen LogP contribution < -0.4 is 10.6 Å². The van der Waals surface area contributed by atoms with Gasteiger partial charge in [0, 0.05) is 18.6 Å². The summed E-state index contributed by atoms with van der Waals surface area (Å²) in [6.07, 6.45) is 3.10. The summed E-state index contributed by atoms with van der Waals surface area (Å²) in [5, 5.41) is 25.3. The van der Waals surface area contributed by atoms with Crippen molar-refractivity contribution >= 4 is 34.6 Å². The van der Waals surface area contributed by atoms with Crippen LogP contribution in [0.15, 0.2) is 18.2 Å². The minimum Gasteiger partial charge on any atom is -0.506 e. The van der Waals surface area contributed by atoms with Gasteiger partial charge in [0.2, 0.25) is 5.91 Å². The van der Waals surface area contributed by atoms with E-state index in [1.165, 1.54) is 12.1 Å². The molecule has 0 radical (unpaired) electrons. The SMILES string of the molecule is CCCCCC(=O)NC(=S)Nc1cc([N+](=O)[O-])ccc1O. The summed E-state index contributed by atoms with van der Waals surface area (Å²) < 4.78 is 0. The third kappa shape index (κ3) is 5.74. The lowest BCUT2D eigenvalue weighted by molar-refractivity contribution is -0.384. The fraction of sp³-hybridized carbons (Fsp3) is 0.385. The van der Waals surface area contributed by atoms with E-state index in [9.17, 15) is 20.0 Å². The summed E-state index contributed by atoms with van der Waals surface area (Å²) in [5.41, 5.74) is -0.115. The zero-order valence-corrected chi connectivity index (χ0v) is 12.4. The molecule has 0 aromatic heterocycles. The van der Waals surface area contributed by atoms with Crippen molar-refractivity contribution in [2.45, 2.75) is 32.6 Å². The maximum Gasteiger partial charge on any atom is 0.271 e. The number of phenols is 1. The molecule has 1 rings (SSSR count). The molecule has 0 bridgehead atoms. The molecular formula is C13H17N3O4S.